The van der Waals surface area contributed by atoms with E-state index in [1.807, 2.05) is 0 Å². The second-order valence-electron chi connectivity index (χ2n) is 5.48. The topological polar surface area (TPSA) is 24.5 Å². The Hall–Kier alpha value is -0.120. The number of ether oxygens (including phenoxy) is 1. The maximum absolute atomic E-state index is 5.21. The van der Waals surface area contributed by atoms with Crippen LogP contribution < -0.4 is 5.32 Å². The van der Waals surface area contributed by atoms with Crippen LogP contribution in [0.3, 0.4) is 0 Å². The molecule has 2 aliphatic heterocycles. The molecule has 2 aliphatic rings. The number of nitrogens with one attached hydrogen (secondary N) is 1. The fraction of sp³-hybridized carbons (Fsp3) is 1.00. The minimum Gasteiger partial charge on any atom is -0.384 e. The average molecular weight is 226 g/mol. The molecule has 2 saturated heterocycles. The van der Waals surface area contributed by atoms with Crippen LogP contribution >= 0.6 is 0 Å². The minimum atomic E-state index is 0.695. The van der Waals surface area contributed by atoms with E-state index in [0.29, 0.717) is 5.92 Å². The van der Waals surface area contributed by atoms with Crippen molar-refractivity contribution in [1.82, 2.24) is 10.2 Å². The summed E-state index contributed by atoms with van der Waals surface area (Å²) in [5, 5.41) is 3.56. The van der Waals surface area contributed by atoms with Gasteiger partial charge >= 0.3 is 0 Å². The van der Waals surface area contributed by atoms with Gasteiger partial charge in [-0.2, -0.15) is 0 Å². The molecule has 0 aromatic rings. The van der Waals surface area contributed by atoms with Gasteiger partial charge < -0.3 is 10.1 Å². The van der Waals surface area contributed by atoms with E-state index >= 15 is 0 Å². The Labute approximate surface area is 99.5 Å². The molecular formula is C13H26N2O. The van der Waals surface area contributed by atoms with E-state index in [4.69, 9.17) is 4.74 Å². The van der Waals surface area contributed by atoms with E-state index in [0.717, 1.165) is 18.7 Å². The van der Waals surface area contributed by atoms with Crippen LogP contribution in [0.25, 0.3) is 0 Å². The molecule has 2 rings (SSSR count). The van der Waals surface area contributed by atoms with E-state index in [1.54, 1.807) is 7.11 Å². The smallest absolute Gasteiger partial charge is 0.0488 e. The normalized spacial score (nSPS) is 32.6. The summed E-state index contributed by atoms with van der Waals surface area (Å²) in [6.45, 7) is 6.87. The summed E-state index contributed by atoms with van der Waals surface area (Å²) in [6, 6.07) is 1.62. The third-order valence-corrected chi connectivity index (χ3v) is 4.10. The highest BCUT2D eigenvalue weighted by atomic mass is 16.5. The standard InChI is InChI=1S/C13H26N2O/c1-11(10-16-2)6-7-15-12-4-3-5-13(15)9-14-8-12/h11-14H,3-10H2,1-2H3. The van der Waals surface area contributed by atoms with Crippen molar-refractivity contribution in [2.24, 2.45) is 5.92 Å². The Morgan fingerprint density at radius 3 is 2.62 bits per heavy atom. The van der Waals surface area contributed by atoms with Gasteiger partial charge in [0.15, 0.2) is 0 Å². The van der Waals surface area contributed by atoms with Crippen LogP contribution in [0.15, 0.2) is 0 Å². The van der Waals surface area contributed by atoms with Crippen LogP contribution in [0, 0.1) is 5.92 Å². The van der Waals surface area contributed by atoms with Gasteiger partial charge in [0.1, 0.15) is 0 Å². The summed E-state index contributed by atoms with van der Waals surface area (Å²) in [5.74, 6) is 0.695. The largest absolute Gasteiger partial charge is 0.384 e. The van der Waals surface area contributed by atoms with E-state index in [2.05, 4.69) is 17.1 Å². The quantitative estimate of drug-likeness (QED) is 0.768. The molecule has 0 saturated carbocycles. The first-order valence-corrected chi connectivity index (χ1v) is 6.76. The van der Waals surface area contributed by atoms with Crippen LogP contribution in [-0.4, -0.2) is 50.3 Å². The van der Waals surface area contributed by atoms with E-state index in [9.17, 15) is 0 Å². The van der Waals surface area contributed by atoms with Gasteiger partial charge in [-0.05, 0) is 31.7 Å². The van der Waals surface area contributed by atoms with Gasteiger partial charge in [-0.25, -0.2) is 0 Å². The predicted octanol–water partition coefficient (Wildman–Crippen LogP) is 1.49. The summed E-state index contributed by atoms with van der Waals surface area (Å²) >= 11 is 0. The molecule has 1 N–H and O–H groups in total. The Balaban J connectivity index is 1.79. The predicted molar refractivity (Wildman–Crippen MR) is 66.7 cm³/mol. The molecule has 0 spiro atoms. The van der Waals surface area contributed by atoms with Crippen molar-refractivity contribution in [3.8, 4) is 0 Å². The van der Waals surface area contributed by atoms with Gasteiger partial charge in [-0.15, -0.1) is 0 Å². The fourth-order valence-corrected chi connectivity index (χ4v) is 3.18. The molecule has 94 valence electrons. The minimum absolute atomic E-state index is 0.695. The van der Waals surface area contributed by atoms with Gasteiger partial charge in [-0.1, -0.05) is 13.3 Å². The van der Waals surface area contributed by atoms with Crippen molar-refractivity contribution in [2.75, 3.05) is 33.4 Å². The molecule has 0 radical (unpaired) electrons. The average Bonchev–Trinajstić information content (AvgIpc) is 2.26. The number of piperidine rings is 1. The summed E-state index contributed by atoms with van der Waals surface area (Å²) in [5.41, 5.74) is 0. The summed E-state index contributed by atoms with van der Waals surface area (Å²) in [7, 11) is 1.80. The number of nitrogens with zero attached hydrogens (tertiary/aromatic N) is 1. The molecule has 2 bridgehead atoms. The van der Waals surface area contributed by atoms with Crippen LogP contribution in [0.1, 0.15) is 32.6 Å². The highest BCUT2D eigenvalue weighted by molar-refractivity contribution is 4.91. The Bertz CT molecular complexity index is 188. The lowest BCUT2D eigenvalue weighted by molar-refractivity contribution is 0.0436. The van der Waals surface area contributed by atoms with Crippen molar-refractivity contribution < 1.29 is 4.74 Å². The Kier molecular flexibility index (Phi) is 4.62. The molecule has 0 aliphatic carbocycles. The molecule has 2 fully saturated rings. The monoisotopic (exact) mass is 226 g/mol. The Morgan fingerprint density at radius 2 is 2.00 bits per heavy atom. The molecule has 3 nitrogen and oxygen atoms in total. The van der Waals surface area contributed by atoms with Crippen molar-refractivity contribution in [3.05, 3.63) is 0 Å². The number of piperazine rings is 1. The highest BCUT2D eigenvalue weighted by Crippen LogP contribution is 2.25. The number of fused-ring (bicyclic) bond motifs is 2. The zero-order chi connectivity index (χ0) is 11.4. The molecule has 0 aromatic heterocycles. The number of hydrogen-bond donors (Lipinski definition) is 1. The third-order valence-electron chi connectivity index (χ3n) is 4.10. The van der Waals surface area contributed by atoms with Crippen molar-refractivity contribution >= 4 is 0 Å². The van der Waals surface area contributed by atoms with E-state index in [1.165, 1.54) is 45.3 Å². The third kappa shape index (κ3) is 2.96. The lowest BCUT2D eigenvalue weighted by atomic mass is 9.91. The summed E-state index contributed by atoms with van der Waals surface area (Å²) < 4.78 is 5.21. The van der Waals surface area contributed by atoms with E-state index < -0.39 is 0 Å². The van der Waals surface area contributed by atoms with Crippen molar-refractivity contribution in [3.63, 3.8) is 0 Å². The molecule has 0 aromatic carbocycles. The second kappa shape index (κ2) is 5.99. The Morgan fingerprint density at radius 1 is 1.31 bits per heavy atom. The van der Waals surface area contributed by atoms with Crippen LogP contribution in [-0.2, 0) is 4.74 Å². The maximum Gasteiger partial charge on any atom is 0.0488 e. The van der Waals surface area contributed by atoms with Crippen LogP contribution in [0.4, 0.5) is 0 Å². The first-order chi connectivity index (χ1) is 7.81. The van der Waals surface area contributed by atoms with Gasteiger partial charge in [-0.3, -0.25) is 4.90 Å². The van der Waals surface area contributed by atoms with Gasteiger partial charge in [0.05, 0.1) is 0 Å². The zero-order valence-electron chi connectivity index (χ0n) is 10.7. The SMILES string of the molecule is COCC(C)CCN1C2CCCC1CNC2. The van der Waals surface area contributed by atoms with Crippen molar-refractivity contribution in [1.29, 1.82) is 0 Å². The molecular weight excluding hydrogens is 200 g/mol. The first-order valence-electron chi connectivity index (χ1n) is 6.76. The fourth-order valence-electron chi connectivity index (χ4n) is 3.18. The lowest BCUT2D eigenvalue weighted by Gasteiger charge is -2.46. The number of hydrogen-bond acceptors (Lipinski definition) is 3. The highest BCUT2D eigenvalue weighted by Gasteiger charge is 2.33. The van der Waals surface area contributed by atoms with Crippen LogP contribution in [0.2, 0.25) is 0 Å². The van der Waals surface area contributed by atoms with Gasteiger partial charge in [0.2, 0.25) is 0 Å². The first kappa shape index (κ1) is 12.3. The summed E-state index contributed by atoms with van der Waals surface area (Å²) in [6.07, 6.45) is 5.49. The maximum atomic E-state index is 5.21. The molecule has 3 unspecified atom stereocenters. The zero-order valence-corrected chi connectivity index (χ0v) is 10.7. The van der Waals surface area contributed by atoms with Crippen molar-refractivity contribution in [2.45, 2.75) is 44.7 Å². The molecule has 0 amide bonds. The molecule has 16 heavy (non-hydrogen) atoms. The van der Waals surface area contributed by atoms with Gasteiger partial charge in [0.25, 0.3) is 0 Å². The summed E-state index contributed by atoms with van der Waals surface area (Å²) in [4.78, 5) is 2.76. The lowest BCUT2D eigenvalue weighted by Crippen LogP contribution is -2.59. The number of methoxy groups -OCH3 is 1. The van der Waals surface area contributed by atoms with Gasteiger partial charge in [0, 0.05) is 38.9 Å². The second-order valence-corrected chi connectivity index (χ2v) is 5.48. The van der Waals surface area contributed by atoms with E-state index in [-0.39, 0.29) is 0 Å². The molecule has 3 heteroatoms. The van der Waals surface area contributed by atoms with Crippen LogP contribution in [0.5, 0.6) is 0 Å². The molecule has 3 atom stereocenters. The molecule has 2 heterocycles. The number of rotatable bonds is 5.